The highest BCUT2D eigenvalue weighted by molar-refractivity contribution is 5.97. The molecule has 0 aliphatic carbocycles. The van der Waals surface area contributed by atoms with Crippen LogP contribution in [0.4, 0.5) is 8.78 Å². The maximum absolute atomic E-state index is 13.4. The van der Waals surface area contributed by atoms with Gasteiger partial charge in [0.2, 0.25) is 0 Å². The fourth-order valence-corrected chi connectivity index (χ4v) is 3.11. The number of hydrogen-bond donors (Lipinski definition) is 0. The molecular formula is C19H20F2NO2+. The van der Waals surface area contributed by atoms with E-state index in [9.17, 15) is 8.78 Å². The molecule has 5 heteroatoms. The van der Waals surface area contributed by atoms with Crippen LogP contribution >= 0.6 is 0 Å². The minimum Gasteiger partial charge on any atom is -0.493 e. The summed E-state index contributed by atoms with van der Waals surface area (Å²) in [4.78, 5) is 0. The Morgan fingerprint density at radius 1 is 1.00 bits per heavy atom. The van der Waals surface area contributed by atoms with Crippen molar-refractivity contribution < 1.29 is 22.8 Å². The molecule has 0 spiro atoms. The molecule has 1 heterocycles. The smallest absolute Gasteiger partial charge is 0.180 e. The Hall–Kier alpha value is -2.43. The van der Waals surface area contributed by atoms with E-state index in [1.165, 1.54) is 17.7 Å². The Morgan fingerprint density at radius 2 is 1.71 bits per heavy atom. The van der Waals surface area contributed by atoms with Gasteiger partial charge in [-0.2, -0.15) is 0 Å². The summed E-state index contributed by atoms with van der Waals surface area (Å²) in [5.74, 6) is -0.224. The average Bonchev–Trinajstić information content (AvgIpc) is 2.59. The van der Waals surface area contributed by atoms with Crippen LogP contribution in [-0.2, 0) is 13.0 Å². The van der Waals surface area contributed by atoms with Crippen LogP contribution in [0, 0.1) is 11.6 Å². The van der Waals surface area contributed by atoms with Gasteiger partial charge in [-0.05, 0) is 35.9 Å². The minimum atomic E-state index is -0.819. The Kier molecular flexibility index (Phi) is 4.51. The molecule has 2 aromatic carbocycles. The Balaban J connectivity index is 1.97. The van der Waals surface area contributed by atoms with Gasteiger partial charge in [0.05, 0.1) is 14.2 Å². The summed E-state index contributed by atoms with van der Waals surface area (Å²) in [6.07, 6.45) is 0.858. The standard InChI is InChI=1S/C19H20F2NO2/c1-12-15-10-19(24-3)18(23-2)9-14(15)6-7-22(12)11-13-4-5-16(20)17(21)8-13/h4-5,8-10H,6-7,11H2,1-3H3/q+1. The fraction of sp³-hybridized carbons (Fsp3) is 0.316. The third-order valence-corrected chi connectivity index (χ3v) is 4.48. The lowest BCUT2D eigenvalue weighted by molar-refractivity contribution is -0.545. The van der Waals surface area contributed by atoms with Crippen molar-refractivity contribution in [3.63, 3.8) is 0 Å². The Labute approximate surface area is 140 Å². The van der Waals surface area contributed by atoms with Gasteiger partial charge < -0.3 is 9.47 Å². The summed E-state index contributed by atoms with van der Waals surface area (Å²) in [5.41, 5.74) is 4.13. The van der Waals surface area contributed by atoms with E-state index in [1.807, 2.05) is 19.1 Å². The molecule has 0 unspecified atom stereocenters. The third kappa shape index (κ3) is 2.98. The molecule has 0 N–H and O–H groups in total. The van der Waals surface area contributed by atoms with Gasteiger partial charge in [0.25, 0.3) is 0 Å². The van der Waals surface area contributed by atoms with Gasteiger partial charge in [0.1, 0.15) is 6.54 Å². The maximum atomic E-state index is 13.4. The monoisotopic (exact) mass is 332 g/mol. The van der Waals surface area contributed by atoms with E-state index >= 15 is 0 Å². The van der Waals surface area contributed by atoms with Gasteiger partial charge in [0.15, 0.2) is 35.4 Å². The third-order valence-electron chi connectivity index (χ3n) is 4.48. The van der Waals surface area contributed by atoms with Gasteiger partial charge >= 0.3 is 0 Å². The van der Waals surface area contributed by atoms with E-state index in [-0.39, 0.29) is 0 Å². The van der Waals surface area contributed by atoms with E-state index in [0.29, 0.717) is 12.3 Å². The maximum Gasteiger partial charge on any atom is 0.180 e. The molecule has 0 aromatic heterocycles. The number of halogens is 2. The summed E-state index contributed by atoms with van der Waals surface area (Å²) in [6, 6.07) is 8.03. The lowest BCUT2D eigenvalue weighted by Crippen LogP contribution is -2.28. The highest BCUT2D eigenvalue weighted by Gasteiger charge is 2.25. The number of benzene rings is 2. The average molecular weight is 332 g/mol. The van der Waals surface area contributed by atoms with Crippen LogP contribution in [0.2, 0.25) is 0 Å². The molecule has 3 rings (SSSR count). The van der Waals surface area contributed by atoms with Crippen LogP contribution in [-0.4, -0.2) is 31.1 Å². The molecule has 24 heavy (non-hydrogen) atoms. The molecule has 1 aliphatic rings. The van der Waals surface area contributed by atoms with Crippen molar-refractivity contribution in [1.82, 2.24) is 0 Å². The van der Waals surface area contributed by atoms with Crippen molar-refractivity contribution in [2.45, 2.75) is 19.9 Å². The molecule has 1 aliphatic heterocycles. The molecular weight excluding hydrogens is 312 g/mol. The molecule has 0 bridgehead atoms. The molecule has 2 aromatic rings. The van der Waals surface area contributed by atoms with Crippen LogP contribution < -0.4 is 9.47 Å². The number of hydrogen-bond acceptors (Lipinski definition) is 2. The van der Waals surface area contributed by atoms with Gasteiger partial charge in [-0.1, -0.05) is 0 Å². The molecule has 0 amide bonds. The van der Waals surface area contributed by atoms with Gasteiger partial charge in [-0.3, -0.25) is 0 Å². The molecule has 0 radical (unpaired) electrons. The molecule has 126 valence electrons. The van der Waals surface area contributed by atoms with Crippen molar-refractivity contribution in [3.05, 3.63) is 58.7 Å². The molecule has 0 fully saturated rings. The van der Waals surface area contributed by atoms with Crippen LogP contribution in [0.1, 0.15) is 23.6 Å². The van der Waals surface area contributed by atoms with E-state index in [0.717, 1.165) is 35.6 Å². The largest absolute Gasteiger partial charge is 0.493 e. The van der Waals surface area contributed by atoms with Crippen molar-refractivity contribution in [2.75, 3.05) is 20.8 Å². The first kappa shape index (κ1) is 16.4. The number of rotatable bonds is 4. The molecule has 3 nitrogen and oxygen atoms in total. The zero-order valence-electron chi connectivity index (χ0n) is 14.0. The zero-order valence-corrected chi connectivity index (χ0v) is 14.0. The second kappa shape index (κ2) is 6.59. The van der Waals surface area contributed by atoms with E-state index < -0.39 is 11.6 Å². The van der Waals surface area contributed by atoms with Crippen molar-refractivity contribution in [3.8, 4) is 11.5 Å². The lowest BCUT2D eigenvalue weighted by atomic mass is 9.96. The quantitative estimate of drug-likeness (QED) is 0.799. The first-order chi connectivity index (χ1) is 11.5. The predicted octanol–water partition coefficient (Wildman–Crippen LogP) is 3.56. The van der Waals surface area contributed by atoms with E-state index in [2.05, 4.69) is 4.58 Å². The van der Waals surface area contributed by atoms with Crippen LogP contribution in [0.3, 0.4) is 0 Å². The highest BCUT2D eigenvalue weighted by atomic mass is 19.2. The van der Waals surface area contributed by atoms with Crippen LogP contribution in [0.15, 0.2) is 30.3 Å². The first-order valence-corrected chi connectivity index (χ1v) is 7.81. The number of fused-ring (bicyclic) bond motifs is 1. The van der Waals surface area contributed by atoms with Gasteiger partial charge in [-0.25, -0.2) is 13.4 Å². The van der Waals surface area contributed by atoms with E-state index in [4.69, 9.17) is 9.47 Å². The van der Waals surface area contributed by atoms with Crippen LogP contribution in [0.25, 0.3) is 0 Å². The van der Waals surface area contributed by atoms with Crippen LogP contribution in [0.5, 0.6) is 11.5 Å². The van der Waals surface area contributed by atoms with Crippen molar-refractivity contribution >= 4 is 5.71 Å². The predicted molar refractivity (Wildman–Crippen MR) is 88.2 cm³/mol. The molecule has 0 saturated heterocycles. The summed E-state index contributed by atoms with van der Waals surface area (Å²) in [5, 5.41) is 0. The minimum absolute atomic E-state index is 0.539. The fourth-order valence-electron chi connectivity index (χ4n) is 3.11. The number of ether oxygens (including phenoxy) is 2. The Bertz CT molecular complexity index is 815. The number of nitrogens with zero attached hydrogens (tertiary/aromatic N) is 1. The SMILES string of the molecule is COc1cc2c(cc1OC)C(C)=[N+](Cc1ccc(F)c(F)c1)CC2. The van der Waals surface area contributed by atoms with E-state index in [1.54, 1.807) is 20.3 Å². The Morgan fingerprint density at radius 3 is 2.38 bits per heavy atom. The molecule has 0 atom stereocenters. The summed E-state index contributed by atoms with van der Waals surface area (Å²) in [6.45, 7) is 3.38. The zero-order chi connectivity index (χ0) is 17.3. The summed E-state index contributed by atoms with van der Waals surface area (Å²) < 4.78 is 39.4. The summed E-state index contributed by atoms with van der Waals surface area (Å²) in [7, 11) is 3.24. The molecule has 0 saturated carbocycles. The first-order valence-electron chi connectivity index (χ1n) is 7.81. The lowest BCUT2D eigenvalue weighted by Gasteiger charge is -2.19. The number of methoxy groups -OCH3 is 2. The normalized spacial score (nSPS) is 13.7. The highest BCUT2D eigenvalue weighted by Crippen LogP contribution is 2.32. The second-order valence-corrected chi connectivity index (χ2v) is 5.87. The van der Waals surface area contributed by atoms with Crippen molar-refractivity contribution in [1.29, 1.82) is 0 Å². The van der Waals surface area contributed by atoms with Crippen molar-refractivity contribution in [2.24, 2.45) is 0 Å². The van der Waals surface area contributed by atoms with Gasteiger partial charge in [-0.15, -0.1) is 0 Å². The second-order valence-electron chi connectivity index (χ2n) is 5.87. The topological polar surface area (TPSA) is 21.5 Å². The summed E-state index contributed by atoms with van der Waals surface area (Å²) >= 11 is 0. The van der Waals surface area contributed by atoms with Gasteiger partial charge in [0, 0.05) is 24.5 Å².